The van der Waals surface area contributed by atoms with E-state index in [-0.39, 0.29) is 11.9 Å². The van der Waals surface area contributed by atoms with Gasteiger partial charge in [-0.05, 0) is 33.6 Å². The largest absolute Gasteiger partial charge is 0.478 e. The van der Waals surface area contributed by atoms with Crippen LogP contribution in [-0.2, 0) is 18.3 Å². The minimum Gasteiger partial charge on any atom is -0.478 e. The molecule has 0 aliphatic rings. The van der Waals surface area contributed by atoms with Gasteiger partial charge in [-0.15, -0.1) is 5.10 Å². The molecule has 1 amide bonds. The molecule has 0 aliphatic heterocycles. The Hall–Kier alpha value is -3.44. The third kappa shape index (κ3) is 7.03. The zero-order valence-electron chi connectivity index (χ0n) is 20.4. The normalized spacial score (nSPS) is 11.6. The standard InChI is InChI=1S/C22H33FN8O3/c1-22(2,3)34-21(32)24-11-9-7-6-8-10-12-31-13-15(19(29-31)33-5)26-17-16-18(28-20(23)27-17)30(4)14-25-16/h13-14H,6-12H2,1-5H3,(H,24,32)(H,26,27,28). The predicted octanol–water partition coefficient (Wildman–Crippen LogP) is 3.93. The van der Waals surface area contributed by atoms with Gasteiger partial charge in [0.15, 0.2) is 17.0 Å². The number of nitrogens with zero attached hydrogens (tertiary/aromatic N) is 6. The number of ether oxygens (including phenoxy) is 2. The molecule has 3 aromatic rings. The Morgan fingerprint density at radius 1 is 1.15 bits per heavy atom. The van der Waals surface area contributed by atoms with E-state index in [9.17, 15) is 9.18 Å². The Morgan fingerprint density at radius 3 is 2.62 bits per heavy atom. The zero-order valence-corrected chi connectivity index (χ0v) is 20.4. The molecule has 0 unspecified atom stereocenters. The van der Waals surface area contributed by atoms with Crippen LogP contribution in [0.1, 0.15) is 52.9 Å². The lowest BCUT2D eigenvalue weighted by atomic mass is 10.1. The van der Waals surface area contributed by atoms with Crippen molar-refractivity contribution in [2.24, 2.45) is 7.05 Å². The van der Waals surface area contributed by atoms with Crippen molar-refractivity contribution in [3.05, 3.63) is 18.6 Å². The number of nitrogens with one attached hydrogen (secondary N) is 2. The molecule has 186 valence electrons. The number of unbranched alkanes of at least 4 members (excludes halogenated alkanes) is 4. The van der Waals surface area contributed by atoms with E-state index in [4.69, 9.17) is 9.47 Å². The number of aryl methyl sites for hydroxylation is 2. The van der Waals surface area contributed by atoms with Gasteiger partial charge in [-0.2, -0.15) is 14.4 Å². The molecule has 0 fully saturated rings. The molecule has 11 nitrogen and oxygen atoms in total. The van der Waals surface area contributed by atoms with Crippen LogP contribution in [0.5, 0.6) is 5.88 Å². The maximum atomic E-state index is 13.9. The Kier molecular flexibility index (Phi) is 8.24. The van der Waals surface area contributed by atoms with Crippen LogP contribution in [0.3, 0.4) is 0 Å². The number of carbonyl (C=O) groups excluding carboxylic acids is 1. The first kappa shape index (κ1) is 25.2. The van der Waals surface area contributed by atoms with Crippen molar-refractivity contribution in [3.63, 3.8) is 0 Å². The van der Waals surface area contributed by atoms with Crippen molar-refractivity contribution in [2.75, 3.05) is 19.0 Å². The first-order valence-electron chi connectivity index (χ1n) is 11.4. The number of carbonyl (C=O) groups is 1. The number of amides is 1. The molecule has 0 aliphatic carbocycles. The molecule has 0 saturated carbocycles. The van der Waals surface area contributed by atoms with E-state index in [2.05, 4.69) is 30.7 Å². The molecule has 0 saturated heterocycles. The van der Waals surface area contributed by atoms with Gasteiger partial charge in [0.2, 0.25) is 0 Å². The minimum absolute atomic E-state index is 0.251. The summed E-state index contributed by atoms with van der Waals surface area (Å²) in [7, 11) is 3.27. The smallest absolute Gasteiger partial charge is 0.407 e. The lowest BCUT2D eigenvalue weighted by molar-refractivity contribution is 0.0527. The van der Waals surface area contributed by atoms with Crippen molar-refractivity contribution < 1.29 is 18.7 Å². The summed E-state index contributed by atoms with van der Waals surface area (Å²) >= 11 is 0. The van der Waals surface area contributed by atoms with Gasteiger partial charge in [-0.1, -0.05) is 19.3 Å². The van der Waals surface area contributed by atoms with E-state index in [0.29, 0.717) is 35.8 Å². The third-order valence-electron chi connectivity index (χ3n) is 4.94. The number of fused-ring (bicyclic) bond motifs is 1. The van der Waals surface area contributed by atoms with Crippen LogP contribution in [-0.4, -0.2) is 54.6 Å². The van der Waals surface area contributed by atoms with Crippen molar-refractivity contribution in [3.8, 4) is 5.88 Å². The molecule has 2 N–H and O–H groups in total. The van der Waals surface area contributed by atoms with E-state index in [1.165, 1.54) is 7.11 Å². The van der Waals surface area contributed by atoms with Crippen LogP contribution < -0.4 is 15.4 Å². The second-order valence-electron chi connectivity index (χ2n) is 9.01. The van der Waals surface area contributed by atoms with Gasteiger partial charge in [0.1, 0.15) is 11.3 Å². The first-order chi connectivity index (χ1) is 16.2. The maximum Gasteiger partial charge on any atom is 0.407 e. The molecule has 0 bridgehead atoms. The van der Waals surface area contributed by atoms with Gasteiger partial charge < -0.3 is 24.7 Å². The number of imidazole rings is 1. The van der Waals surface area contributed by atoms with Gasteiger partial charge in [-0.25, -0.2) is 9.78 Å². The summed E-state index contributed by atoms with van der Waals surface area (Å²) in [5.41, 5.74) is 0.938. The molecule has 3 aromatic heterocycles. The van der Waals surface area contributed by atoms with Crippen LogP contribution in [0.2, 0.25) is 0 Å². The van der Waals surface area contributed by atoms with Gasteiger partial charge >= 0.3 is 12.2 Å². The summed E-state index contributed by atoms with van der Waals surface area (Å²) in [5.74, 6) is 0.636. The molecule has 0 spiro atoms. The topological polar surface area (TPSA) is 121 Å². The molecule has 0 radical (unpaired) electrons. The molecule has 0 aromatic carbocycles. The van der Waals surface area contributed by atoms with Crippen LogP contribution >= 0.6 is 0 Å². The number of methoxy groups -OCH3 is 1. The summed E-state index contributed by atoms with van der Waals surface area (Å²) in [6.07, 6.45) is 7.09. The molecule has 12 heteroatoms. The Bertz CT molecular complexity index is 1110. The van der Waals surface area contributed by atoms with E-state index in [0.717, 1.165) is 32.1 Å². The predicted molar refractivity (Wildman–Crippen MR) is 126 cm³/mol. The van der Waals surface area contributed by atoms with Gasteiger partial charge in [0, 0.05) is 20.1 Å². The molecule has 34 heavy (non-hydrogen) atoms. The highest BCUT2D eigenvalue weighted by Crippen LogP contribution is 2.28. The van der Waals surface area contributed by atoms with Crippen LogP contribution in [0.4, 0.5) is 20.7 Å². The fourth-order valence-electron chi connectivity index (χ4n) is 3.38. The van der Waals surface area contributed by atoms with Crippen LogP contribution in [0.25, 0.3) is 11.2 Å². The lowest BCUT2D eigenvalue weighted by Crippen LogP contribution is -2.32. The number of anilines is 2. The number of hydrogen-bond donors (Lipinski definition) is 2. The Balaban J connectivity index is 1.44. The van der Waals surface area contributed by atoms with Crippen LogP contribution in [0, 0.1) is 6.08 Å². The van der Waals surface area contributed by atoms with Crippen molar-refractivity contribution >= 4 is 28.8 Å². The highest BCUT2D eigenvalue weighted by molar-refractivity contribution is 5.85. The second-order valence-corrected chi connectivity index (χ2v) is 9.01. The quantitative estimate of drug-likeness (QED) is 0.315. The Labute approximate surface area is 198 Å². The van der Waals surface area contributed by atoms with E-state index >= 15 is 0 Å². The molecule has 0 atom stereocenters. The summed E-state index contributed by atoms with van der Waals surface area (Å²) in [5, 5.41) is 10.3. The lowest BCUT2D eigenvalue weighted by Gasteiger charge is -2.19. The van der Waals surface area contributed by atoms with Crippen molar-refractivity contribution in [1.29, 1.82) is 0 Å². The Morgan fingerprint density at radius 2 is 1.88 bits per heavy atom. The average Bonchev–Trinajstić information content (AvgIpc) is 3.31. The number of hydrogen-bond acceptors (Lipinski definition) is 8. The van der Waals surface area contributed by atoms with Crippen molar-refractivity contribution in [2.45, 2.75) is 65.0 Å². The van der Waals surface area contributed by atoms with E-state index in [1.807, 2.05) is 20.8 Å². The SMILES string of the molecule is COc1nn(CCCCCCCNC(=O)OC(C)(C)C)cc1Nc1nc(F)nc2c1ncn2C. The molecular formula is C22H33FN8O3. The summed E-state index contributed by atoms with van der Waals surface area (Å²) in [4.78, 5) is 23.5. The second kappa shape index (κ2) is 11.1. The van der Waals surface area contributed by atoms with Crippen LogP contribution in [0.15, 0.2) is 12.5 Å². The highest BCUT2D eigenvalue weighted by Gasteiger charge is 2.17. The summed E-state index contributed by atoms with van der Waals surface area (Å²) in [6.45, 7) is 6.85. The number of halogens is 1. The highest BCUT2D eigenvalue weighted by atomic mass is 19.1. The minimum atomic E-state index is -0.841. The van der Waals surface area contributed by atoms with Gasteiger partial charge in [0.25, 0.3) is 5.88 Å². The third-order valence-corrected chi connectivity index (χ3v) is 4.94. The number of rotatable bonds is 11. The number of aromatic nitrogens is 6. The first-order valence-corrected chi connectivity index (χ1v) is 11.4. The number of alkyl carbamates (subject to hydrolysis) is 1. The van der Waals surface area contributed by atoms with Gasteiger partial charge in [0.05, 0.1) is 19.6 Å². The summed E-state index contributed by atoms with van der Waals surface area (Å²) < 4.78 is 27.9. The monoisotopic (exact) mass is 476 g/mol. The summed E-state index contributed by atoms with van der Waals surface area (Å²) in [6, 6.07) is 0. The molecule has 3 heterocycles. The van der Waals surface area contributed by atoms with Gasteiger partial charge in [-0.3, -0.25) is 4.68 Å². The van der Waals surface area contributed by atoms with E-state index < -0.39 is 11.7 Å². The fraction of sp³-hybridized carbons (Fsp3) is 0.591. The molecule has 3 rings (SSSR count). The van der Waals surface area contributed by atoms with E-state index in [1.54, 1.807) is 28.8 Å². The average molecular weight is 477 g/mol. The maximum absolute atomic E-state index is 13.9. The fourth-order valence-corrected chi connectivity index (χ4v) is 3.38. The van der Waals surface area contributed by atoms with Crippen molar-refractivity contribution in [1.82, 2.24) is 34.6 Å². The molecular weight excluding hydrogens is 443 g/mol. The zero-order chi connectivity index (χ0) is 24.7.